The van der Waals surface area contributed by atoms with Crippen molar-refractivity contribution in [2.75, 3.05) is 13.1 Å². The van der Waals surface area contributed by atoms with Gasteiger partial charge in [-0.05, 0) is 37.8 Å². The Morgan fingerprint density at radius 3 is 2.81 bits per heavy atom. The molecule has 1 saturated heterocycles. The predicted octanol–water partition coefficient (Wildman–Crippen LogP) is 1.46. The molecule has 1 aromatic heterocycles. The van der Waals surface area contributed by atoms with Crippen LogP contribution in [0.3, 0.4) is 0 Å². The summed E-state index contributed by atoms with van der Waals surface area (Å²) in [5, 5.41) is 9.76. The molecule has 0 unspecified atom stereocenters. The molecule has 3 amide bonds. The van der Waals surface area contributed by atoms with E-state index < -0.39 is 11.6 Å². The highest BCUT2D eigenvalue weighted by atomic mass is 19.1. The average molecular weight is 445 g/mol. The van der Waals surface area contributed by atoms with Crippen LogP contribution < -0.4 is 10.6 Å². The molecule has 0 spiro atoms. The van der Waals surface area contributed by atoms with Crippen LogP contribution in [0.1, 0.15) is 35.8 Å². The van der Waals surface area contributed by atoms with E-state index in [1.165, 1.54) is 11.0 Å². The van der Waals surface area contributed by atoms with Gasteiger partial charge in [-0.3, -0.25) is 19.1 Å². The van der Waals surface area contributed by atoms with Gasteiger partial charge in [0.25, 0.3) is 5.91 Å². The fourth-order valence-corrected chi connectivity index (χ4v) is 4.57. The van der Waals surface area contributed by atoms with Crippen molar-refractivity contribution >= 4 is 17.7 Å². The van der Waals surface area contributed by atoms with Crippen LogP contribution >= 0.6 is 0 Å². The van der Waals surface area contributed by atoms with Crippen molar-refractivity contribution in [2.45, 2.75) is 38.9 Å². The van der Waals surface area contributed by atoms with Gasteiger partial charge in [-0.25, -0.2) is 8.78 Å². The van der Waals surface area contributed by atoms with E-state index in [1.807, 2.05) is 6.92 Å². The number of hydrogen-bond acceptors (Lipinski definition) is 4. The highest BCUT2D eigenvalue weighted by molar-refractivity contribution is 5.95. The first-order valence-corrected chi connectivity index (χ1v) is 10.7. The highest BCUT2D eigenvalue weighted by Crippen LogP contribution is 2.34. The maximum atomic E-state index is 13.8. The van der Waals surface area contributed by atoms with Crippen molar-refractivity contribution in [3.63, 3.8) is 0 Å². The molecule has 10 heteroatoms. The van der Waals surface area contributed by atoms with Gasteiger partial charge >= 0.3 is 0 Å². The third kappa shape index (κ3) is 4.49. The zero-order valence-electron chi connectivity index (χ0n) is 17.7. The molecule has 3 atom stereocenters. The van der Waals surface area contributed by atoms with E-state index in [0.717, 1.165) is 12.1 Å². The number of aromatic nitrogens is 2. The van der Waals surface area contributed by atoms with Gasteiger partial charge in [-0.1, -0.05) is 6.07 Å². The smallest absolute Gasteiger partial charge is 0.272 e. The number of carbonyl (C=O) groups excluding carboxylic acids is 3. The van der Waals surface area contributed by atoms with E-state index in [4.69, 9.17) is 0 Å². The summed E-state index contributed by atoms with van der Waals surface area (Å²) < 4.78 is 28.5. The maximum Gasteiger partial charge on any atom is 0.272 e. The van der Waals surface area contributed by atoms with Gasteiger partial charge in [0, 0.05) is 49.4 Å². The number of rotatable bonds is 5. The van der Waals surface area contributed by atoms with Crippen LogP contribution in [0, 0.1) is 23.5 Å². The summed E-state index contributed by atoms with van der Waals surface area (Å²) in [5.41, 5.74) is 0.622. The number of benzene rings is 1. The van der Waals surface area contributed by atoms with Crippen LogP contribution in [-0.2, 0) is 22.7 Å². The van der Waals surface area contributed by atoms with Crippen molar-refractivity contribution < 1.29 is 23.2 Å². The monoisotopic (exact) mass is 445 g/mol. The Hall–Kier alpha value is -3.30. The van der Waals surface area contributed by atoms with Crippen LogP contribution in [0.2, 0.25) is 0 Å². The largest absolute Gasteiger partial charge is 0.352 e. The van der Waals surface area contributed by atoms with E-state index >= 15 is 0 Å². The zero-order chi connectivity index (χ0) is 22.8. The molecule has 2 fully saturated rings. The van der Waals surface area contributed by atoms with Gasteiger partial charge in [-0.15, -0.1) is 0 Å². The van der Waals surface area contributed by atoms with Crippen molar-refractivity contribution in [1.29, 1.82) is 0 Å². The summed E-state index contributed by atoms with van der Waals surface area (Å²) in [6.45, 7) is 2.69. The molecule has 2 aliphatic rings. The summed E-state index contributed by atoms with van der Waals surface area (Å²) in [6.07, 6.45) is 2.50. The van der Waals surface area contributed by atoms with Crippen molar-refractivity contribution in [3.8, 4) is 0 Å². The second kappa shape index (κ2) is 9.05. The molecule has 2 aromatic rings. The number of fused-ring (bicyclic) bond motifs is 1. The lowest BCUT2D eigenvalue weighted by atomic mass is 10.0. The number of amides is 3. The van der Waals surface area contributed by atoms with Gasteiger partial charge in [0.1, 0.15) is 17.3 Å². The SMILES string of the molecule is CCn1nccc1C(=O)N1CC(=O)N[C@@H]2C[C@@H](C(=O)NCc3ccc(F)cc3F)C[C@@H]2C1. The van der Waals surface area contributed by atoms with Crippen molar-refractivity contribution in [3.05, 3.63) is 53.4 Å². The molecule has 2 N–H and O–H groups in total. The molecular weight excluding hydrogens is 420 g/mol. The summed E-state index contributed by atoms with van der Waals surface area (Å²) in [7, 11) is 0. The summed E-state index contributed by atoms with van der Waals surface area (Å²) in [6, 6.07) is 4.64. The Morgan fingerprint density at radius 2 is 2.06 bits per heavy atom. The number of carbonyl (C=O) groups is 3. The summed E-state index contributed by atoms with van der Waals surface area (Å²) in [5.74, 6) is -2.60. The lowest BCUT2D eigenvalue weighted by Crippen LogP contribution is -2.40. The van der Waals surface area contributed by atoms with Gasteiger partial charge in [0.05, 0.1) is 6.54 Å². The van der Waals surface area contributed by atoms with Gasteiger partial charge in [0.2, 0.25) is 11.8 Å². The van der Waals surface area contributed by atoms with Crippen LogP contribution in [0.4, 0.5) is 8.78 Å². The van der Waals surface area contributed by atoms with E-state index in [9.17, 15) is 23.2 Å². The minimum Gasteiger partial charge on any atom is -0.352 e. The minimum absolute atomic E-state index is 0.0402. The first-order chi connectivity index (χ1) is 15.4. The molecule has 32 heavy (non-hydrogen) atoms. The number of hydrogen-bond donors (Lipinski definition) is 2. The Balaban J connectivity index is 1.40. The molecule has 0 bridgehead atoms. The highest BCUT2D eigenvalue weighted by Gasteiger charge is 2.42. The molecule has 1 aliphatic heterocycles. The molecule has 4 rings (SSSR count). The molecule has 2 heterocycles. The molecule has 8 nitrogen and oxygen atoms in total. The molecule has 1 saturated carbocycles. The molecule has 0 radical (unpaired) electrons. The van der Waals surface area contributed by atoms with E-state index in [1.54, 1.807) is 16.9 Å². The van der Waals surface area contributed by atoms with E-state index in [-0.39, 0.29) is 54.3 Å². The first-order valence-electron chi connectivity index (χ1n) is 10.7. The topological polar surface area (TPSA) is 96.3 Å². The number of nitrogens with zero attached hydrogens (tertiary/aromatic N) is 3. The van der Waals surface area contributed by atoms with E-state index in [2.05, 4.69) is 15.7 Å². The second-order valence-electron chi connectivity index (χ2n) is 8.27. The van der Waals surface area contributed by atoms with Gasteiger partial charge in [-0.2, -0.15) is 5.10 Å². The zero-order valence-corrected chi connectivity index (χ0v) is 17.7. The Morgan fingerprint density at radius 1 is 1.25 bits per heavy atom. The normalized spacial score (nSPS) is 22.8. The van der Waals surface area contributed by atoms with Crippen LogP contribution in [0.5, 0.6) is 0 Å². The van der Waals surface area contributed by atoms with Crippen molar-refractivity contribution in [2.24, 2.45) is 11.8 Å². The maximum absolute atomic E-state index is 13.8. The number of nitrogens with one attached hydrogen (secondary N) is 2. The molecular formula is C22H25F2N5O3. The second-order valence-corrected chi connectivity index (χ2v) is 8.27. The molecule has 1 aromatic carbocycles. The quantitative estimate of drug-likeness (QED) is 0.729. The first kappa shape index (κ1) is 21.9. The third-order valence-electron chi connectivity index (χ3n) is 6.19. The standard InChI is InChI=1S/C22H25F2N5O3/c1-2-29-19(5-6-26-29)22(32)28-11-15-7-14(8-18(15)27-20(30)12-28)21(31)25-10-13-3-4-16(23)9-17(13)24/h3-6,9,14-15,18H,2,7-8,10-12H2,1H3,(H,25,31)(H,27,30)/t14-,15+,18+/m0/s1. The average Bonchev–Trinajstić information content (AvgIpc) is 3.35. The third-order valence-corrected chi connectivity index (χ3v) is 6.19. The predicted molar refractivity (Wildman–Crippen MR) is 110 cm³/mol. The van der Waals surface area contributed by atoms with Gasteiger partial charge < -0.3 is 15.5 Å². The van der Waals surface area contributed by atoms with Crippen LogP contribution in [0.25, 0.3) is 0 Å². The Kier molecular flexibility index (Phi) is 6.20. The fraction of sp³-hybridized carbons (Fsp3) is 0.455. The van der Waals surface area contributed by atoms with Crippen molar-refractivity contribution in [1.82, 2.24) is 25.3 Å². The fourth-order valence-electron chi connectivity index (χ4n) is 4.57. The lowest BCUT2D eigenvalue weighted by Gasteiger charge is -2.23. The lowest BCUT2D eigenvalue weighted by molar-refractivity contribution is -0.126. The Labute approximate surface area is 184 Å². The summed E-state index contributed by atoms with van der Waals surface area (Å²) in [4.78, 5) is 39.6. The number of aryl methyl sites for hydroxylation is 1. The minimum atomic E-state index is -0.713. The van der Waals surface area contributed by atoms with Gasteiger partial charge in [0.15, 0.2) is 0 Å². The van der Waals surface area contributed by atoms with Crippen LogP contribution in [0.15, 0.2) is 30.5 Å². The number of halogens is 2. The Bertz CT molecular complexity index is 1040. The van der Waals surface area contributed by atoms with Crippen LogP contribution in [-0.4, -0.2) is 51.5 Å². The molecule has 1 aliphatic carbocycles. The van der Waals surface area contributed by atoms with E-state index in [0.29, 0.717) is 31.6 Å². The molecule has 170 valence electrons. The summed E-state index contributed by atoms with van der Waals surface area (Å²) >= 11 is 0.